The van der Waals surface area contributed by atoms with Gasteiger partial charge in [0.2, 0.25) is 0 Å². The van der Waals surface area contributed by atoms with Crippen molar-refractivity contribution in [3.8, 4) is 0 Å². The topological polar surface area (TPSA) is 64.4 Å². The lowest BCUT2D eigenvalue weighted by Gasteiger charge is -2.07. The van der Waals surface area contributed by atoms with Gasteiger partial charge in [-0.05, 0) is 12.8 Å². The van der Waals surface area contributed by atoms with Crippen molar-refractivity contribution in [1.29, 1.82) is 0 Å². The first-order valence-corrected chi connectivity index (χ1v) is 4.38. The summed E-state index contributed by atoms with van der Waals surface area (Å²) in [5, 5.41) is 0. The van der Waals surface area contributed by atoms with Crippen molar-refractivity contribution < 1.29 is 0 Å². The molecule has 1 aliphatic rings. The summed E-state index contributed by atoms with van der Waals surface area (Å²) in [7, 11) is 0. The van der Waals surface area contributed by atoms with Gasteiger partial charge in [-0.15, -0.1) is 0 Å². The van der Waals surface area contributed by atoms with Crippen LogP contribution in [0, 0.1) is 0 Å². The van der Waals surface area contributed by atoms with Crippen LogP contribution in [-0.4, -0.2) is 12.0 Å². The Morgan fingerprint density at radius 3 is 1.92 bits per heavy atom. The number of nitrogens with zero attached hydrogens (tertiary/aromatic N) is 1. The summed E-state index contributed by atoms with van der Waals surface area (Å²) in [6.45, 7) is 0. The fourth-order valence-electron chi connectivity index (χ4n) is 1.60. The maximum atomic E-state index is 5.30. The maximum absolute atomic E-state index is 5.30. The van der Waals surface area contributed by atoms with Gasteiger partial charge in [0.25, 0.3) is 0 Å². The molecule has 3 heteroatoms. The Balaban J connectivity index is 0.00000121. The first-order valence-electron chi connectivity index (χ1n) is 4.38. The van der Waals surface area contributed by atoms with Crippen molar-refractivity contribution in [2.75, 3.05) is 0 Å². The quantitative estimate of drug-likeness (QED) is 0.358. The third kappa shape index (κ3) is 4.21. The second kappa shape index (κ2) is 5.86. The monoisotopic (exact) mass is 171 g/mol. The summed E-state index contributed by atoms with van der Waals surface area (Å²) in [4.78, 5) is 4.17. The van der Waals surface area contributed by atoms with E-state index in [4.69, 9.17) is 11.5 Å². The lowest BCUT2D eigenvalue weighted by molar-refractivity contribution is 0.585. The Morgan fingerprint density at radius 1 is 1.00 bits per heavy atom. The molecule has 0 heterocycles. The Labute approximate surface area is 75.2 Å². The van der Waals surface area contributed by atoms with Gasteiger partial charge in [-0.25, -0.2) is 0 Å². The highest BCUT2D eigenvalue weighted by atomic mass is 15.0. The molecule has 0 atom stereocenters. The van der Waals surface area contributed by atoms with E-state index >= 15 is 0 Å². The van der Waals surface area contributed by atoms with Crippen molar-refractivity contribution in [2.45, 2.75) is 52.0 Å². The molecular weight excluding hydrogens is 150 g/mol. The van der Waals surface area contributed by atoms with Gasteiger partial charge < -0.3 is 11.5 Å². The highest BCUT2D eigenvalue weighted by Crippen LogP contribution is 2.19. The Hall–Kier alpha value is -0.730. The summed E-state index contributed by atoms with van der Waals surface area (Å²) >= 11 is 0. The molecule has 0 bridgehead atoms. The molecule has 0 unspecified atom stereocenters. The van der Waals surface area contributed by atoms with Gasteiger partial charge in [0.1, 0.15) is 0 Å². The van der Waals surface area contributed by atoms with Gasteiger partial charge in [0, 0.05) is 0 Å². The van der Waals surface area contributed by atoms with Crippen molar-refractivity contribution in [2.24, 2.45) is 16.5 Å². The van der Waals surface area contributed by atoms with Crippen LogP contribution in [0.1, 0.15) is 46.0 Å². The molecule has 1 fully saturated rings. The molecule has 0 aliphatic heterocycles. The van der Waals surface area contributed by atoms with Gasteiger partial charge in [-0.1, -0.05) is 33.1 Å². The minimum atomic E-state index is 0. The maximum Gasteiger partial charge on any atom is 0.186 e. The fraction of sp³-hybridized carbons (Fsp3) is 0.889. The van der Waals surface area contributed by atoms with E-state index in [1.807, 2.05) is 0 Å². The molecule has 1 saturated carbocycles. The number of hydrogen-bond donors (Lipinski definition) is 2. The Bertz CT molecular complexity index is 131. The molecule has 0 aromatic heterocycles. The van der Waals surface area contributed by atoms with Gasteiger partial charge in [0.15, 0.2) is 5.96 Å². The van der Waals surface area contributed by atoms with Crippen LogP contribution < -0.4 is 11.5 Å². The largest absolute Gasteiger partial charge is 0.370 e. The van der Waals surface area contributed by atoms with E-state index in [1.165, 1.54) is 25.7 Å². The summed E-state index contributed by atoms with van der Waals surface area (Å²) in [6, 6.07) is 0.405. The van der Waals surface area contributed by atoms with E-state index in [0.717, 1.165) is 12.8 Å². The van der Waals surface area contributed by atoms with E-state index in [1.54, 1.807) is 0 Å². The van der Waals surface area contributed by atoms with Crippen LogP contribution in [0.15, 0.2) is 4.99 Å². The van der Waals surface area contributed by atoms with E-state index in [0.29, 0.717) is 6.04 Å². The van der Waals surface area contributed by atoms with E-state index in [-0.39, 0.29) is 13.4 Å². The van der Waals surface area contributed by atoms with Crippen LogP contribution in [0.4, 0.5) is 0 Å². The second-order valence-electron chi connectivity index (χ2n) is 3.20. The molecule has 1 rings (SSSR count). The van der Waals surface area contributed by atoms with Crippen LogP contribution in [0.5, 0.6) is 0 Å². The smallest absolute Gasteiger partial charge is 0.186 e. The SMILES string of the molecule is C.NC(N)=NC1CCCCCC1. The summed E-state index contributed by atoms with van der Waals surface area (Å²) < 4.78 is 0. The highest BCUT2D eigenvalue weighted by Gasteiger charge is 2.10. The minimum Gasteiger partial charge on any atom is -0.370 e. The first-order chi connectivity index (χ1) is 5.29. The molecular formula is C9H21N3. The number of aliphatic imine (C=N–C) groups is 1. The molecule has 72 valence electrons. The van der Waals surface area contributed by atoms with Crippen LogP contribution in [-0.2, 0) is 0 Å². The molecule has 3 nitrogen and oxygen atoms in total. The fourth-order valence-corrected chi connectivity index (χ4v) is 1.60. The molecule has 4 N–H and O–H groups in total. The number of hydrogen-bond acceptors (Lipinski definition) is 1. The summed E-state index contributed by atoms with van der Waals surface area (Å²) in [5.41, 5.74) is 10.6. The van der Waals surface area contributed by atoms with Crippen LogP contribution in [0.2, 0.25) is 0 Å². The molecule has 0 aromatic rings. The van der Waals surface area contributed by atoms with Gasteiger partial charge >= 0.3 is 0 Å². The summed E-state index contributed by atoms with van der Waals surface area (Å²) in [6.07, 6.45) is 7.58. The predicted molar refractivity (Wildman–Crippen MR) is 54.0 cm³/mol. The van der Waals surface area contributed by atoms with Crippen LogP contribution in [0.3, 0.4) is 0 Å². The van der Waals surface area contributed by atoms with E-state index < -0.39 is 0 Å². The standard InChI is InChI=1S/C8H17N3.CH4/c9-8(10)11-7-5-3-1-2-4-6-7;/h7H,1-6H2,(H4,9,10,11);1H4. The van der Waals surface area contributed by atoms with Crippen molar-refractivity contribution in [3.63, 3.8) is 0 Å². The third-order valence-corrected chi connectivity index (χ3v) is 2.16. The molecule has 0 radical (unpaired) electrons. The zero-order valence-corrected chi connectivity index (χ0v) is 6.92. The molecule has 0 saturated heterocycles. The lowest BCUT2D eigenvalue weighted by Crippen LogP contribution is -2.25. The third-order valence-electron chi connectivity index (χ3n) is 2.16. The van der Waals surface area contributed by atoms with Crippen molar-refractivity contribution in [1.82, 2.24) is 0 Å². The molecule has 12 heavy (non-hydrogen) atoms. The molecule has 0 amide bonds. The van der Waals surface area contributed by atoms with E-state index in [2.05, 4.69) is 4.99 Å². The van der Waals surface area contributed by atoms with E-state index in [9.17, 15) is 0 Å². The molecule has 1 aliphatic carbocycles. The van der Waals surface area contributed by atoms with Crippen LogP contribution >= 0.6 is 0 Å². The molecule has 0 aromatic carbocycles. The van der Waals surface area contributed by atoms with Gasteiger partial charge in [-0.3, -0.25) is 4.99 Å². The number of guanidine groups is 1. The number of rotatable bonds is 1. The predicted octanol–water partition coefficient (Wildman–Crippen LogP) is 1.62. The zero-order chi connectivity index (χ0) is 8.10. The first kappa shape index (κ1) is 11.3. The number of nitrogens with two attached hydrogens (primary N) is 2. The highest BCUT2D eigenvalue weighted by molar-refractivity contribution is 5.75. The van der Waals surface area contributed by atoms with Crippen molar-refractivity contribution >= 4 is 5.96 Å². The normalized spacial score (nSPS) is 19.0. The van der Waals surface area contributed by atoms with Crippen molar-refractivity contribution in [3.05, 3.63) is 0 Å². The average molecular weight is 171 g/mol. The van der Waals surface area contributed by atoms with Gasteiger partial charge in [-0.2, -0.15) is 0 Å². The summed E-state index contributed by atoms with van der Waals surface area (Å²) in [5.74, 6) is 0.247. The lowest BCUT2D eigenvalue weighted by atomic mass is 10.1. The van der Waals surface area contributed by atoms with Gasteiger partial charge in [0.05, 0.1) is 6.04 Å². The van der Waals surface area contributed by atoms with Crippen LogP contribution in [0.25, 0.3) is 0 Å². The molecule has 0 spiro atoms. The minimum absolute atomic E-state index is 0. The zero-order valence-electron chi connectivity index (χ0n) is 6.92. The second-order valence-corrected chi connectivity index (χ2v) is 3.20. The Kier molecular flexibility index (Phi) is 5.51. The Morgan fingerprint density at radius 2 is 1.50 bits per heavy atom. The average Bonchev–Trinajstić information content (AvgIpc) is 2.14.